The van der Waals surface area contributed by atoms with Crippen LogP contribution >= 0.6 is 11.8 Å². The van der Waals surface area contributed by atoms with Gasteiger partial charge in [0.25, 0.3) is 5.91 Å². The SMILES string of the molecule is CSc1ccccc1C(=O)NCC(C)O. The van der Waals surface area contributed by atoms with Crippen LogP contribution in [0.15, 0.2) is 29.2 Å². The highest BCUT2D eigenvalue weighted by Crippen LogP contribution is 2.19. The first-order valence-corrected chi connectivity index (χ1v) is 5.97. The number of thioether (sulfide) groups is 1. The molecule has 0 aliphatic carbocycles. The van der Waals surface area contributed by atoms with E-state index in [1.165, 1.54) is 11.8 Å². The first-order valence-electron chi connectivity index (χ1n) is 4.74. The Kier molecular flexibility index (Phi) is 4.65. The van der Waals surface area contributed by atoms with Crippen molar-refractivity contribution in [1.29, 1.82) is 0 Å². The van der Waals surface area contributed by atoms with Crippen molar-refractivity contribution in [2.75, 3.05) is 12.8 Å². The summed E-state index contributed by atoms with van der Waals surface area (Å²) in [4.78, 5) is 12.6. The molecule has 1 amide bonds. The fourth-order valence-electron chi connectivity index (χ4n) is 1.17. The van der Waals surface area contributed by atoms with Gasteiger partial charge in [-0.1, -0.05) is 12.1 Å². The molecule has 1 unspecified atom stereocenters. The molecule has 1 rings (SSSR count). The van der Waals surface area contributed by atoms with Gasteiger partial charge in [-0.25, -0.2) is 0 Å². The number of carbonyl (C=O) groups excluding carboxylic acids is 1. The summed E-state index contributed by atoms with van der Waals surface area (Å²) in [5.74, 6) is -0.138. The summed E-state index contributed by atoms with van der Waals surface area (Å²) in [6.07, 6.45) is 1.41. The Morgan fingerprint density at radius 2 is 2.20 bits per heavy atom. The maximum atomic E-state index is 11.7. The van der Waals surface area contributed by atoms with Crippen LogP contribution in [0.3, 0.4) is 0 Å². The third-order valence-electron chi connectivity index (χ3n) is 1.91. The minimum absolute atomic E-state index is 0.138. The van der Waals surface area contributed by atoms with Gasteiger partial charge >= 0.3 is 0 Å². The van der Waals surface area contributed by atoms with E-state index in [1.807, 2.05) is 24.5 Å². The second-order valence-electron chi connectivity index (χ2n) is 3.26. The lowest BCUT2D eigenvalue weighted by Gasteiger charge is -2.09. The fraction of sp³-hybridized carbons (Fsp3) is 0.364. The number of hydrogen-bond acceptors (Lipinski definition) is 3. The van der Waals surface area contributed by atoms with Gasteiger partial charge in [-0.2, -0.15) is 0 Å². The number of amides is 1. The molecule has 0 radical (unpaired) electrons. The molecule has 1 aromatic carbocycles. The maximum absolute atomic E-state index is 11.7. The minimum atomic E-state index is -0.518. The van der Waals surface area contributed by atoms with Crippen LogP contribution in [0, 0.1) is 0 Å². The first-order chi connectivity index (χ1) is 7.15. The number of benzene rings is 1. The third-order valence-corrected chi connectivity index (χ3v) is 2.71. The highest BCUT2D eigenvalue weighted by atomic mass is 32.2. The van der Waals surface area contributed by atoms with Crippen molar-refractivity contribution in [2.45, 2.75) is 17.9 Å². The van der Waals surface area contributed by atoms with E-state index in [-0.39, 0.29) is 12.5 Å². The Balaban J connectivity index is 2.72. The highest BCUT2D eigenvalue weighted by Gasteiger charge is 2.09. The van der Waals surface area contributed by atoms with Crippen LogP contribution < -0.4 is 5.32 Å². The van der Waals surface area contributed by atoms with Crippen molar-refractivity contribution < 1.29 is 9.90 Å². The number of rotatable bonds is 4. The summed E-state index contributed by atoms with van der Waals surface area (Å²) >= 11 is 1.53. The number of aliphatic hydroxyl groups excluding tert-OH is 1. The van der Waals surface area contributed by atoms with E-state index in [0.29, 0.717) is 5.56 Å². The zero-order valence-corrected chi connectivity index (χ0v) is 9.67. The van der Waals surface area contributed by atoms with Gasteiger partial charge in [-0.05, 0) is 25.3 Å². The van der Waals surface area contributed by atoms with Gasteiger partial charge in [0.1, 0.15) is 0 Å². The van der Waals surface area contributed by atoms with Gasteiger partial charge in [0, 0.05) is 11.4 Å². The molecular formula is C11H15NO2S. The molecule has 0 saturated carbocycles. The molecule has 3 nitrogen and oxygen atoms in total. The van der Waals surface area contributed by atoms with Crippen LogP contribution in [0.4, 0.5) is 0 Å². The van der Waals surface area contributed by atoms with Crippen LogP contribution in [0.2, 0.25) is 0 Å². The number of carbonyl (C=O) groups is 1. The Morgan fingerprint density at radius 1 is 1.53 bits per heavy atom. The second kappa shape index (κ2) is 5.78. The standard InChI is InChI=1S/C11H15NO2S/c1-8(13)7-12-11(14)9-5-3-4-6-10(9)15-2/h3-6,8,13H,7H2,1-2H3,(H,12,14). The predicted octanol–water partition coefficient (Wildman–Crippen LogP) is 1.52. The maximum Gasteiger partial charge on any atom is 0.252 e. The van der Waals surface area contributed by atoms with Crippen molar-refractivity contribution in [3.63, 3.8) is 0 Å². The lowest BCUT2D eigenvalue weighted by Crippen LogP contribution is -2.30. The molecule has 15 heavy (non-hydrogen) atoms. The van der Waals surface area contributed by atoms with Crippen molar-refractivity contribution in [2.24, 2.45) is 0 Å². The van der Waals surface area contributed by atoms with Crippen molar-refractivity contribution in [1.82, 2.24) is 5.32 Å². The van der Waals surface area contributed by atoms with Crippen LogP contribution in [0.1, 0.15) is 17.3 Å². The molecule has 0 heterocycles. The zero-order valence-electron chi connectivity index (χ0n) is 8.86. The van der Waals surface area contributed by atoms with Crippen LogP contribution in [-0.4, -0.2) is 29.9 Å². The number of nitrogens with one attached hydrogen (secondary N) is 1. The lowest BCUT2D eigenvalue weighted by atomic mass is 10.2. The Morgan fingerprint density at radius 3 is 2.80 bits per heavy atom. The monoisotopic (exact) mass is 225 g/mol. The van der Waals surface area contributed by atoms with Crippen molar-refractivity contribution in [3.8, 4) is 0 Å². The number of hydrogen-bond donors (Lipinski definition) is 2. The summed E-state index contributed by atoms with van der Waals surface area (Å²) < 4.78 is 0. The summed E-state index contributed by atoms with van der Waals surface area (Å²) in [5, 5.41) is 11.7. The minimum Gasteiger partial charge on any atom is -0.392 e. The molecule has 0 bridgehead atoms. The van der Waals surface area contributed by atoms with Gasteiger partial charge in [0.05, 0.1) is 11.7 Å². The molecular weight excluding hydrogens is 210 g/mol. The van der Waals surface area contributed by atoms with Crippen LogP contribution in [0.25, 0.3) is 0 Å². The predicted molar refractivity (Wildman–Crippen MR) is 62.2 cm³/mol. The molecule has 0 aliphatic rings. The van der Waals surface area contributed by atoms with Gasteiger partial charge < -0.3 is 10.4 Å². The molecule has 0 aliphatic heterocycles. The highest BCUT2D eigenvalue weighted by molar-refractivity contribution is 7.98. The Labute approximate surface area is 93.9 Å². The quantitative estimate of drug-likeness (QED) is 0.764. The smallest absolute Gasteiger partial charge is 0.252 e. The van der Waals surface area contributed by atoms with E-state index >= 15 is 0 Å². The van der Waals surface area contributed by atoms with E-state index in [4.69, 9.17) is 5.11 Å². The molecule has 0 spiro atoms. The van der Waals surface area contributed by atoms with Gasteiger partial charge in [0.15, 0.2) is 0 Å². The van der Waals surface area contributed by atoms with E-state index in [9.17, 15) is 4.79 Å². The summed E-state index contributed by atoms with van der Waals surface area (Å²) in [5.41, 5.74) is 0.658. The molecule has 1 atom stereocenters. The second-order valence-corrected chi connectivity index (χ2v) is 4.11. The molecule has 0 aromatic heterocycles. The Bertz CT molecular complexity index is 339. The topological polar surface area (TPSA) is 49.3 Å². The zero-order chi connectivity index (χ0) is 11.3. The van der Waals surface area contributed by atoms with Gasteiger partial charge in [-0.15, -0.1) is 11.8 Å². The molecule has 0 fully saturated rings. The third kappa shape index (κ3) is 3.57. The van der Waals surface area contributed by atoms with E-state index in [2.05, 4.69) is 5.32 Å². The molecule has 0 saturated heterocycles. The first kappa shape index (κ1) is 12.1. The van der Waals surface area contributed by atoms with E-state index in [1.54, 1.807) is 13.0 Å². The molecule has 82 valence electrons. The van der Waals surface area contributed by atoms with Gasteiger partial charge in [-0.3, -0.25) is 4.79 Å². The van der Waals surface area contributed by atoms with Crippen LogP contribution in [-0.2, 0) is 0 Å². The van der Waals surface area contributed by atoms with Crippen LogP contribution in [0.5, 0.6) is 0 Å². The van der Waals surface area contributed by atoms with Gasteiger partial charge in [0.2, 0.25) is 0 Å². The van der Waals surface area contributed by atoms with E-state index < -0.39 is 6.10 Å². The summed E-state index contributed by atoms with van der Waals surface area (Å²) in [7, 11) is 0. The molecule has 4 heteroatoms. The summed E-state index contributed by atoms with van der Waals surface area (Å²) in [6.45, 7) is 1.92. The summed E-state index contributed by atoms with van der Waals surface area (Å²) in [6, 6.07) is 7.42. The van der Waals surface area contributed by atoms with Crippen molar-refractivity contribution in [3.05, 3.63) is 29.8 Å². The average molecular weight is 225 g/mol. The molecule has 1 aromatic rings. The Hall–Kier alpha value is -1.00. The molecule has 2 N–H and O–H groups in total. The largest absolute Gasteiger partial charge is 0.392 e. The fourth-order valence-corrected chi connectivity index (χ4v) is 1.76. The van der Waals surface area contributed by atoms with E-state index in [0.717, 1.165) is 4.90 Å². The average Bonchev–Trinajstić information content (AvgIpc) is 2.25. The number of aliphatic hydroxyl groups is 1. The normalized spacial score (nSPS) is 12.2. The van der Waals surface area contributed by atoms with Crippen molar-refractivity contribution >= 4 is 17.7 Å². The lowest BCUT2D eigenvalue weighted by molar-refractivity contribution is 0.0921.